The number of hydrogen-bond acceptors (Lipinski definition) is 4. The minimum atomic E-state index is -4.78. The molecule has 166 valence electrons. The van der Waals surface area contributed by atoms with Crippen molar-refractivity contribution in [3.63, 3.8) is 0 Å². The highest BCUT2D eigenvalue weighted by molar-refractivity contribution is 5.33. The Balaban J connectivity index is 1.87. The Hall–Kier alpha value is -2.50. The first-order chi connectivity index (χ1) is 14.5. The number of nitrogens with zero attached hydrogens (tertiary/aromatic N) is 3. The van der Waals surface area contributed by atoms with Crippen LogP contribution in [0.2, 0.25) is 0 Å². The van der Waals surface area contributed by atoms with E-state index < -0.39 is 29.1 Å². The van der Waals surface area contributed by atoms with Gasteiger partial charge in [0, 0.05) is 18.2 Å². The van der Waals surface area contributed by atoms with Crippen LogP contribution in [-0.4, -0.2) is 40.4 Å². The van der Waals surface area contributed by atoms with E-state index in [0.29, 0.717) is 6.54 Å². The van der Waals surface area contributed by atoms with Gasteiger partial charge in [0.05, 0.1) is 22.9 Å². The second-order valence-corrected chi connectivity index (χ2v) is 8.67. The fourth-order valence-corrected chi connectivity index (χ4v) is 4.37. The van der Waals surface area contributed by atoms with Gasteiger partial charge in [0.15, 0.2) is 6.10 Å². The second-order valence-electron chi connectivity index (χ2n) is 8.67. The van der Waals surface area contributed by atoms with E-state index in [-0.39, 0.29) is 36.9 Å². The first-order valence-electron chi connectivity index (χ1n) is 10.1. The maximum Gasteiger partial charge on any atom is 0.414 e. The van der Waals surface area contributed by atoms with Crippen LogP contribution in [0, 0.1) is 22.6 Å². The van der Waals surface area contributed by atoms with E-state index in [0.717, 1.165) is 11.8 Å². The van der Waals surface area contributed by atoms with Gasteiger partial charge in [0.2, 0.25) is 0 Å². The van der Waals surface area contributed by atoms with E-state index in [1.54, 1.807) is 12.3 Å². The highest BCUT2D eigenvalue weighted by Crippen LogP contribution is 2.47. The molecular formula is C23H25F4N3O. The van der Waals surface area contributed by atoms with Gasteiger partial charge in [-0.2, -0.15) is 18.4 Å². The van der Waals surface area contributed by atoms with Crippen molar-refractivity contribution in [2.45, 2.75) is 50.9 Å². The number of benzene rings is 1. The van der Waals surface area contributed by atoms with E-state index in [1.807, 2.05) is 36.9 Å². The topological polar surface area (TPSA) is 60.2 Å². The van der Waals surface area contributed by atoms with Crippen molar-refractivity contribution in [1.29, 1.82) is 5.26 Å². The van der Waals surface area contributed by atoms with Crippen LogP contribution < -0.4 is 0 Å². The Morgan fingerprint density at radius 3 is 2.58 bits per heavy atom. The third-order valence-electron chi connectivity index (χ3n) is 6.43. The molecule has 1 N–H and O–H groups in total. The van der Waals surface area contributed by atoms with Gasteiger partial charge in [-0.15, -0.1) is 0 Å². The third kappa shape index (κ3) is 4.73. The maximum absolute atomic E-state index is 14.3. The largest absolute Gasteiger partial charge is 0.414 e. The van der Waals surface area contributed by atoms with Crippen LogP contribution in [0.3, 0.4) is 0 Å². The molecule has 2 aromatic rings. The molecule has 0 spiro atoms. The van der Waals surface area contributed by atoms with Crippen LogP contribution >= 0.6 is 0 Å². The zero-order valence-electron chi connectivity index (χ0n) is 17.5. The van der Waals surface area contributed by atoms with Crippen molar-refractivity contribution in [2.75, 3.05) is 13.1 Å². The van der Waals surface area contributed by atoms with Crippen molar-refractivity contribution in [3.05, 3.63) is 65.2 Å². The first-order valence-corrected chi connectivity index (χ1v) is 10.1. The van der Waals surface area contributed by atoms with Crippen LogP contribution in [0.4, 0.5) is 17.6 Å². The third-order valence-corrected chi connectivity index (χ3v) is 6.43. The Kier molecular flexibility index (Phi) is 6.40. The summed E-state index contributed by atoms with van der Waals surface area (Å²) in [6.45, 7) is 4.15. The number of aryl methyl sites for hydroxylation is 1. The second kappa shape index (κ2) is 8.56. The molecular weight excluding hydrogens is 410 g/mol. The van der Waals surface area contributed by atoms with Crippen LogP contribution in [0.25, 0.3) is 0 Å². The predicted octanol–water partition coefficient (Wildman–Crippen LogP) is 4.58. The molecule has 1 aromatic carbocycles. The van der Waals surface area contributed by atoms with Gasteiger partial charge in [-0.05, 0) is 69.5 Å². The molecule has 0 bridgehead atoms. The van der Waals surface area contributed by atoms with E-state index in [2.05, 4.69) is 4.98 Å². The van der Waals surface area contributed by atoms with Gasteiger partial charge in [0.1, 0.15) is 5.82 Å². The number of aliphatic hydroxyl groups excluding tert-OH is 1. The lowest BCUT2D eigenvalue weighted by atomic mass is 9.75. The summed E-state index contributed by atoms with van der Waals surface area (Å²) in [4.78, 5) is 6.26. The van der Waals surface area contributed by atoms with E-state index in [1.165, 1.54) is 12.1 Å². The van der Waals surface area contributed by atoms with E-state index >= 15 is 0 Å². The van der Waals surface area contributed by atoms with Crippen molar-refractivity contribution in [2.24, 2.45) is 5.41 Å². The fraction of sp³-hybridized carbons (Fsp3) is 0.478. The van der Waals surface area contributed by atoms with Gasteiger partial charge >= 0.3 is 6.18 Å². The molecule has 0 radical (unpaired) electrons. The highest BCUT2D eigenvalue weighted by Gasteiger charge is 2.56. The molecule has 31 heavy (non-hydrogen) atoms. The van der Waals surface area contributed by atoms with Crippen molar-refractivity contribution >= 4 is 0 Å². The van der Waals surface area contributed by atoms with Crippen molar-refractivity contribution in [1.82, 2.24) is 9.88 Å². The van der Waals surface area contributed by atoms with Crippen LogP contribution in [0.5, 0.6) is 0 Å². The number of alkyl halides is 3. The smallest absolute Gasteiger partial charge is 0.383 e. The summed E-state index contributed by atoms with van der Waals surface area (Å²) in [7, 11) is 0. The Morgan fingerprint density at radius 1 is 1.26 bits per heavy atom. The molecule has 0 aliphatic carbocycles. The van der Waals surface area contributed by atoms with Crippen LogP contribution in [0.15, 0.2) is 42.6 Å². The Bertz CT molecular complexity index is 956. The molecule has 4 nitrogen and oxygen atoms in total. The number of likely N-dealkylation sites (tertiary alicyclic amines) is 1. The van der Waals surface area contributed by atoms with Crippen molar-refractivity contribution < 1.29 is 22.7 Å². The minimum absolute atomic E-state index is 0.00908. The Labute approximate surface area is 179 Å². The van der Waals surface area contributed by atoms with Crippen molar-refractivity contribution in [3.8, 4) is 6.07 Å². The number of aromatic nitrogens is 1. The number of hydrogen-bond donors (Lipinski definition) is 1. The van der Waals surface area contributed by atoms with Gasteiger partial charge in [-0.1, -0.05) is 12.1 Å². The lowest BCUT2D eigenvalue weighted by molar-refractivity contribution is -0.239. The molecule has 3 rings (SSSR count). The number of rotatable bonds is 6. The van der Waals surface area contributed by atoms with E-state index in [4.69, 9.17) is 5.26 Å². The number of nitriles is 1. The normalized spacial score (nSPS) is 21.1. The van der Waals surface area contributed by atoms with Gasteiger partial charge in [-0.25, -0.2) is 4.39 Å². The van der Waals surface area contributed by atoms with Crippen LogP contribution in [-0.2, 0) is 12.0 Å². The molecule has 1 aromatic heterocycles. The zero-order valence-corrected chi connectivity index (χ0v) is 17.5. The molecule has 8 heteroatoms. The fourth-order valence-electron chi connectivity index (χ4n) is 4.37. The molecule has 0 amide bonds. The lowest BCUT2D eigenvalue weighted by Gasteiger charge is -2.39. The molecule has 1 saturated heterocycles. The predicted molar refractivity (Wildman–Crippen MR) is 107 cm³/mol. The lowest BCUT2D eigenvalue weighted by Crippen LogP contribution is -2.49. The molecule has 2 atom stereocenters. The monoisotopic (exact) mass is 435 g/mol. The standard InChI is InChI=1S/C23H25F4N3O/c1-21(2,19-5-3-4-11-29-19)30-12-10-22(15-30,20(31)23(25,26)27)9-8-17-7-6-16(14-28)13-18(17)24/h3-7,11,13,20,31H,8-10,12,15H2,1-2H3/t20-,22-/m1/s1. The molecule has 1 fully saturated rings. The SMILES string of the molecule is CC(C)(c1ccccn1)N1CC[C@@](CCc2ccc(C#N)cc2F)([C@@H](O)C(F)(F)F)C1. The number of pyridine rings is 1. The summed E-state index contributed by atoms with van der Waals surface area (Å²) >= 11 is 0. The zero-order chi connectivity index (χ0) is 22.9. The molecule has 0 saturated carbocycles. The average Bonchev–Trinajstić information content (AvgIpc) is 3.18. The highest BCUT2D eigenvalue weighted by atomic mass is 19.4. The summed E-state index contributed by atoms with van der Waals surface area (Å²) < 4.78 is 55.1. The summed E-state index contributed by atoms with van der Waals surface area (Å²) in [5.41, 5.74) is -0.991. The van der Waals surface area contributed by atoms with Gasteiger partial charge in [0.25, 0.3) is 0 Å². The number of halogens is 4. The summed E-state index contributed by atoms with van der Waals surface area (Å²) in [6, 6.07) is 11.2. The average molecular weight is 435 g/mol. The summed E-state index contributed by atoms with van der Waals surface area (Å²) in [5, 5.41) is 19.2. The van der Waals surface area contributed by atoms with E-state index in [9.17, 15) is 22.7 Å². The minimum Gasteiger partial charge on any atom is -0.383 e. The summed E-state index contributed by atoms with van der Waals surface area (Å²) in [6.07, 6.45) is -5.55. The summed E-state index contributed by atoms with van der Waals surface area (Å²) in [5.74, 6) is -0.626. The molecule has 1 aliphatic heterocycles. The van der Waals surface area contributed by atoms with Gasteiger partial charge < -0.3 is 5.11 Å². The quantitative estimate of drug-likeness (QED) is 0.675. The van der Waals surface area contributed by atoms with Crippen LogP contribution in [0.1, 0.15) is 43.5 Å². The number of aliphatic hydroxyl groups is 1. The molecule has 1 aliphatic rings. The maximum atomic E-state index is 14.3. The molecule has 2 heterocycles. The first kappa shape index (κ1) is 23.2. The molecule has 0 unspecified atom stereocenters. The van der Waals surface area contributed by atoms with Gasteiger partial charge in [-0.3, -0.25) is 9.88 Å². The Morgan fingerprint density at radius 2 is 2.00 bits per heavy atom.